The van der Waals surface area contributed by atoms with Crippen molar-refractivity contribution in [3.63, 3.8) is 0 Å². The molecule has 2 fully saturated rings. The van der Waals surface area contributed by atoms with Crippen LogP contribution in [0.1, 0.15) is 52.4 Å². The second-order valence-corrected chi connectivity index (χ2v) is 5.93. The van der Waals surface area contributed by atoms with Gasteiger partial charge in [0.05, 0.1) is 0 Å². The zero-order valence-electron chi connectivity index (χ0n) is 11.9. The minimum absolute atomic E-state index is 0.347. The molecule has 2 unspecified atom stereocenters. The quantitative estimate of drug-likeness (QED) is 0.789. The highest BCUT2D eigenvalue weighted by molar-refractivity contribution is 5.82. The third kappa shape index (κ3) is 2.56. The van der Waals surface area contributed by atoms with Crippen LogP contribution >= 0.6 is 0 Å². The van der Waals surface area contributed by atoms with Gasteiger partial charge in [-0.1, -0.05) is 26.7 Å². The maximum atomic E-state index is 12.7. The number of carbonyl (C=O) groups is 1. The van der Waals surface area contributed by atoms with Gasteiger partial charge in [-0.2, -0.15) is 0 Å². The van der Waals surface area contributed by atoms with E-state index in [1.165, 1.54) is 25.7 Å². The minimum atomic E-state index is 0.347. The topological polar surface area (TPSA) is 46.3 Å². The van der Waals surface area contributed by atoms with Crippen molar-refractivity contribution in [1.29, 1.82) is 0 Å². The molecule has 0 aromatic carbocycles. The van der Waals surface area contributed by atoms with Crippen LogP contribution in [0.3, 0.4) is 0 Å². The number of carbonyl (C=O) groups excluding carboxylic acids is 1. The Morgan fingerprint density at radius 3 is 2.22 bits per heavy atom. The van der Waals surface area contributed by atoms with Gasteiger partial charge in [0, 0.05) is 25.0 Å². The third-order valence-electron chi connectivity index (χ3n) is 4.98. The predicted octanol–water partition coefficient (Wildman–Crippen LogP) is 2.40. The molecular weight excluding hydrogens is 224 g/mol. The summed E-state index contributed by atoms with van der Waals surface area (Å²) in [5.41, 5.74) is 5.69. The molecule has 3 heteroatoms. The van der Waals surface area contributed by atoms with Gasteiger partial charge in [-0.05, 0) is 37.5 Å². The SMILES string of the molecule is CCC(CC)N(CCN)C(=O)C1C2CCCCC21. The second kappa shape index (κ2) is 6.05. The van der Waals surface area contributed by atoms with Gasteiger partial charge in [-0.15, -0.1) is 0 Å². The fourth-order valence-corrected chi connectivity index (χ4v) is 3.89. The van der Waals surface area contributed by atoms with Gasteiger partial charge in [-0.25, -0.2) is 0 Å². The number of rotatable bonds is 6. The van der Waals surface area contributed by atoms with E-state index >= 15 is 0 Å². The van der Waals surface area contributed by atoms with Crippen LogP contribution in [0.25, 0.3) is 0 Å². The largest absolute Gasteiger partial charge is 0.338 e. The van der Waals surface area contributed by atoms with E-state index < -0.39 is 0 Å². The lowest BCUT2D eigenvalue weighted by Gasteiger charge is -2.30. The van der Waals surface area contributed by atoms with E-state index in [2.05, 4.69) is 18.7 Å². The Kier molecular flexibility index (Phi) is 4.66. The molecule has 0 aliphatic heterocycles. The molecule has 0 aromatic rings. The van der Waals surface area contributed by atoms with Gasteiger partial charge in [0.2, 0.25) is 5.91 Å². The Morgan fingerprint density at radius 2 is 1.78 bits per heavy atom. The predicted molar refractivity (Wildman–Crippen MR) is 74.1 cm³/mol. The highest BCUT2D eigenvalue weighted by Gasteiger charge is 2.56. The van der Waals surface area contributed by atoms with Crippen molar-refractivity contribution >= 4 is 5.91 Å². The maximum Gasteiger partial charge on any atom is 0.226 e. The fraction of sp³-hybridized carbons (Fsp3) is 0.933. The van der Waals surface area contributed by atoms with E-state index in [4.69, 9.17) is 5.73 Å². The van der Waals surface area contributed by atoms with Crippen molar-refractivity contribution < 1.29 is 4.79 Å². The van der Waals surface area contributed by atoms with Crippen molar-refractivity contribution in [1.82, 2.24) is 4.90 Å². The summed E-state index contributed by atoms with van der Waals surface area (Å²) >= 11 is 0. The highest BCUT2D eigenvalue weighted by atomic mass is 16.2. The normalized spacial score (nSPS) is 30.1. The summed E-state index contributed by atoms with van der Waals surface area (Å²) in [6.07, 6.45) is 7.30. The number of hydrogen-bond acceptors (Lipinski definition) is 2. The molecule has 0 saturated heterocycles. The van der Waals surface area contributed by atoms with Crippen molar-refractivity contribution in [3.05, 3.63) is 0 Å². The first-order valence-electron chi connectivity index (χ1n) is 7.75. The first kappa shape index (κ1) is 13.9. The van der Waals surface area contributed by atoms with Crippen LogP contribution in [-0.4, -0.2) is 29.9 Å². The van der Waals surface area contributed by atoms with Crippen LogP contribution in [-0.2, 0) is 4.79 Å². The Labute approximate surface area is 111 Å². The molecule has 2 rings (SSSR count). The van der Waals surface area contributed by atoms with Gasteiger partial charge >= 0.3 is 0 Å². The third-order valence-corrected chi connectivity index (χ3v) is 4.98. The molecule has 2 aliphatic rings. The summed E-state index contributed by atoms with van der Waals surface area (Å²) in [5.74, 6) is 2.17. The molecule has 104 valence electrons. The molecule has 18 heavy (non-hydrogen) atoms. The molecule has 0 aromatic heterocycles. The van der Waals surface area contributed by atoms with Gasteiger partial charge in [0.25, 0.3) is 0 Å². The lowest BCUT2D eigenvalue weighted by atomic mass is 10.0. The van der Waals surface area contributed by atoms with Crippen molar-refractivity contribution in [2.24, 2.45) is 23.5 Å². The summed E-state index contributed by atoms with van der Waals surface area (Å²) in [6.45, 7) is 5.67. The number of hydrogen-bond donors (Lipinski definition) is 1. The average Bonchev–Trinajstić information content (AvgIpc) is 3.12. The minimum Gasteiger partial charge on any atom is -0.338 e. The Balaban J connectivity index is 2.00. The number of nitrogens with two attached hydrogens (primary N) is 1. The summed E-state index contributed by atoms with van der Waals surface area (Å²) in [5, 5.41) is 0. The molecule has 0 bridgehead atoms. The monoisotopic (exact) mass is 252 g/mol. The van der Waals surface area contributed by atoms with E-state index in [0.29, 0.717) is 36.2 Å². The van der Waals surface area contributed by atoms with Gasteiger partial charge in [0.15, 0.2) is 0 Å². The van der Waals surface area contributed by atoms with Crippen LogP contribution in [0.4, 0.5) is 0 Å². The Bertz CT molecular complexity index is 276. The first-order valence-corrected chi connectivity index (χ1v) is 7.75. The van der Waals surface area contributed by atoms with Crippen LogP contribution in [0.5, 0.6) is 0 Å². The molecule has 0 radical (unpaired) electrons. The molecule has 2 atom stereocenters. The smallest absolute Gasteiger partial charge is 0.226 e. The molecular formula is C15H28N2O. The first-order chi connectivity index (χ1) is 8.74. The standard InChI is InChI=1S/C15H28N2O/c1-3-11(4-2)17(10-9-16)15(18)14-12-7-5-6-8-13(12)14/h11-14H,3-10,16H2,1-2H3. The van der Waals surface area contributed by atoms with E-state index in [1.54, 1.807) is 0 Å². The molecule has 1 amide bonds. The highest BCUT2D eigenvalue weighted by Crippen LogP contribution is 2.56. The average molecular weight is 252 g/mol. The number of amides is 1. The van der Waals surface area contributed by atoms with E-state index in [-0.39, 0.29) is 0 Å². The van der Waals surface area contributed by atoms with Crippen molar-refractivity contribution in [3.8, 4) is 0 Å². The van der Waals surface area contributed by atoms with Crippen LogP contribution in [0.2, 0.25) is 0 Å². The van der Waals surface area contributed by atoms with Gasteiger partial charge < -0.3 is 10.6 Å². The summed E-state index contributed by atoms with van der Waals surface area (Å²) in [7, 11) is 0. The Morgan fingerprint density at radius 1 is 1.22 bits per heavy atom. The summed E-state index contributed by atoms with van der Waals surface area (Å²) < 4.78 is 0. The molecule has 3 nitrogen and oxygen atoms in total. The van der Waals surface area contributed by atoms with Gasteiger partial charge in [0.1, 0.15) is 0 Å². The number of fused-ring (bicyclic) bond motifs is 1. The molecule has 0 heterocycles. The molecule has 2 aliphatic carbocycles. The van der Waals surface area contributed by atoms with Crippen LogP contribution in [0.15, 0.2) is 0 Å². The van der Waals surface area contributed by atoms with Crippen molar-refractivity contribution in [2.75, 3.05) is 13.1 Å². The maximum absolute atomic E-state index is 12.7. The summed E-state index contributed by atoms with van der Waals surface area (Å²) in [6, 6.07) is 0.392. The zero-order valence-corrected chi connectivity index (χ0v) is 11.9. The lowest BCUT2D eigenvalue weighted by molar-refractivity contribution is -0.135. The Hall–Kier alpha value is -0.570. The van der Waals surface area contributed by atoms with Gasteiger partial charge in [-0.3, -0.25) is 4.79 Å². The molecule has 0 spiro atoms. The van der Waals surface area contributed by atoms with Crippen LogP contribution in [0, 0.1) is 17.8 Å². The fourth-order valence-electron chi connectivity index (χ4n) is 3.89. The summed E-state index contributed by atoms with van der Waals surface area (Å²) in [4.78, 5) is 14.8. The van der Waals surface area contributed by atoms with E-state index in [9.17, 15) is 4.79 Å². The van der Waals surface area contributed by atoms with E-state index in [0.717, 1.165) is 19.4 Å². The lowest BCUT2D eigenvalue weighted by Crippen LogP contribution is -2.44. The molecule has 2 N–H and O–H groups in total. The zero-order chi connectivity index (χ0) is 13.1. The van der Waals surface area contributed by atoms with Crippen molar-refractivity contribution in [2.45, 2.75) is 58.4 Å². The second-order valence-electron chi connectivity index (χ2n) is 5.93. The molecule has 2 saturated carbocycles. The van der Waals surface area contributed by atoms with E-state index in [1.807, 2.05) is 0 Å². The number of nitrogens with zero attached hydrogens (tertiary/aromatic N) is 1. The van der Waals surface area contributed by atoms with Crippen LogP contribution < -0.4 is 5.73 Å².